The molecule has 0 radical (unpaired) electrons. The average Bonchev–Trinajstić information content (AvgIpc) is 2.95. The zero-order valence-corrected chi connectivity index (χ0v) is 15.0. The van der Waals surface area contributed by atoms with Crippen molar-refractivity contribution in [1.29, 1.82) is 0 Å². The molecule has 4 nitrogen and oxygen atoms in total. The van der Waals surface area contributed by atoms with E-state index in [2.05, 4.69) is 0 Å². The van der Waals surface area contributed by atoms with Gasteiger partial charge in [0.25, 0.3) is 0 Å². The van der Waals surface area contributed by atoms with E-state index >= 15 is 4.39 Å². The van der Waals surface area contributed by atoms with Crippen molar-refractivity contribution in [2.45, 2.75) is 57.2 Å². The number of hydrogen-bond acceptors (Lipinski definition) is 4. The lowest BCUT2D eigenvalue weighted by molar-refractivity contribution is -0.161. The van der Waals surface area contributed by atoms with Crippen LogP contribution in [0.25, 0.3) is 0 Å². The maximum atomic E-state index is 15.5. The zero-order chi connectivity index (χ0) is 17.8. The van der Waals surface area contributed by atoms with Crippen molar-refractivity contribution in [3.8, 4) is 0 Å². The van der Waals surface area contributed by atoms with E-state index in [1.165, 1.54) is 7.11 Å². The molecule has 5 heteroatoms. The lowest BCUT2D eigenvalue weighted by atomic mass is 9.62. The summed E-state index contributed by atoms with van der Waals surface area (Å²) in [6.07, 6.45) is 6.84. The Hall–Kier alpha value is -1.39. The first-order valence-electron chi connectivity index (χ1n) is 9.41. The number of fused-ring (bicyclic) bond motifs is 1. The Morgan fingerprint density at radius 3 is 2.92 bits per heavy atom. The van der Waals surface area contributed by atoms with Gasteiger partial charge in [0.05, 0.1) is 18.4 Å². The molecule has 1 saturated heterocycles. The summed E-state index contributed by atoms with van der Waals surface area (Å²) in [5.41, 5.74) is -3.12. The molecule has 5 aliphatic rings. The number of carbonyl (C=O) groups excluding carboxylic acids is 2. The fourth-order valence-corrected chi connectivity index (χ4v) is 7.70. The van der Waals surface area contributed by atoms with Gasteiger partial charge in [-0.05, 0) is 43.9 Å². The van der Waals surface area contributed by atoms with Crippen molar-refractivity contribution in [3.05, 3.63) is 12.2 Å². The fraction of sp³-hybridized carbons (Fsp3) is 0.800. The number of carbonyl (C=O) groups is 2. The highest BCUT2D eigenvalue weighted by Crippen LogP contribution is 2.78. The van der Waals surface area contributed by atoms with Gasteiger partial charge in [-0.2, -0.15) is 0 Å². The standard InChI is InChI=1S/C20H25FO4/c1-11-9-18-10-19(11,21)8-5-12(18)20-7-4-6-17(2,16(23)25-20)14(20)13(18)15(22)24-3/h4,6,11-14H,5,7-10H2,1-3H3/t11-,12?,13-,14?,17-,18+,19+,20-/m1/s1. The van der Waals surface area contributed by atoms with Crippen LogP contribution in [0.15, 0.2) is 12.2 Å². The molecular weight excluding hydrogens is 323 g/mol. The minimum atomic E-state index is -1.20. The molecule has 4 aliphatic carbocycles. The van der Waals surface area contributed by atoms with Gasteiger partial charge in [0.2, 0.25) is 0 Å². The summed E-state index contributed by atoms with van der Waals surface area (Å²) in [6, 6.07) is 0. The first-order chi connectivity index (χ1) is 11.7. The molecule has 0 N–H and O–H groups in total. The second-order valence-electron chi connectivity index (χ2n) is 9.35. The molecule has 8 atom stereocenters. The van der Waals surface area contributed by atoms with E-state index in [9.17, 15) is 9.59 Å². The van der Waals surface area contributed by atoms with E-state index < -0.39 is 28.0 Å². The van der Waals surface area contributed by atoms with Crippen LogP contribution in [0.1, 0.15) is 46.0 Å². The average molecular weight is 348 g/mol. The van der Waals surface area contributed by atoms with Crippen LogP contribution in [0.4, 0.5) is 4.39 Å². The summed E-state index contributed by atoms with van der Waals surface area (Å²) < 4.78 is 26.8. The first-order valence-corrected chi connectivity index (χ1v) is 9.41. The van der Waals surface area contributed by atoms with Crippen LogP contribution in [0.5, 0.6) is 0 Å². The number of hydrogen-bond donors (Lipinski definition) is 0. The van der Waals surface area contributed by atoms with Crippen LogP contribution in [-0.2, 0) is 19.1 Å². The quantitative estimate of drug-likeness (QED) is 0.539. The molecule has 3 saturated carbocycles. The third-order valence-electron chi connectivity index (χ3n) is 8.53. The van der Waals surface area contributed by atoms with Gasteiger partial charge in [-0.3, -0.25) is 9.59 Å². The second kappa shape index (κ2) is 4.29. The Morgan fingerprint density at radius 2 is 2.20 bits per heavy atom. The maximum Gasteiger partial charge on any atom is 0.316 e. The first kappa shape index (κ1) is 15.8. The third kappa shape index (κ3) is 1.48. The molecule has 136 valence electrons. The molecule has 2 unspecified atom stereocenters. The highest BCUT2D eigenvalue weighted by molar-refractivity contribution is 5.87. The van der Waals surface area contributed by atoms with Gasteiger partial charge in [-0.1, -0.05) is 19.1 Å². The van der Waals surface area contributed by atoms with E-state index in [4.69, 9.17) is 9.47 Å². The minimum Gasteiger partial charge on any atom is -0.469 e. The predicted octanol–water partition coefficient (Wildman–Crippen LogP) is 3.20. The van der Waals surface area contributed by atoms with Crippen LogP contribution in [-0.4, -0.2) is 30.3 Å². The molecule has 1 spiro atoms. The van der Waals surface area contributed by atoms with Gasteiger partial charge in [0.1, 0.15) is 11.3 Å². The molecule has 1 aliphatic heterocycles. The van der Waals surface area contributed by atoms with E-state index in [1.54, 1.807) is 0 Å². The molecule has 4 fully saturated rings. The van der Waals surface area contributed by atoms with Crippen molar-refractivity contribution in [3.63, 3.8) is 0 Å². The summed E-state index contributed by atoms with van der Waals surface area (Å²) in [4.78, 5) is 25.7. The summed E-state index contributed by atoms with van der Waals surface area (Å²) >= 11 is 0. The minimum absolute atomic E-state index is 0.0404. The summed E-state index contributed by atoms with van der Waals surface area (Å²) in [6.45, 7) is 3.84. The largest absolute Gasteiger partial charge is 0.469 e. The molecular formula is C20H25FO4. The van der Waals surface area contributed by atoms with Crippen molar-refractivity contribution in [1.82, 2.24) is 0 Å². The molecule has 0 aromatic heterocycles. The lowest BCUT2D eigenvalue weighted by Gasteiger charge is -2.44. The number of alkyl halides is 1. The topological polar surface area (TPSA) is 52.6 Å². The Morgan fingerprint density at radius 1 is 1.44 bits per heavy atom. The van der Waals surface area contributed by atoms with Crippen molar-refractivity contribution >= 4 is 11.9 Å². The van der Waals surface area contributed by atoms with E-state index in [1.807, 2.05) is 26.0 Å². The third-order valence-corrected chi connectivity index (χ3v) is 8.53. The normalized spacial score (nSPS) is 57.8. The van der Waals surface area contributed by atoms with Crippen LogP contribution >= 0.6 is 0 Å². The van der Waals surface area contributed by atoms with Crippen molar-refractivity contribution in [2.75, 3.05) is 7.11 Å². The highest BCUT2D eigenvalue weighted by Gasteiger charge is 2.82. The Kier molecular flexibility index (Phi) is 2.72. The Bertz CT molecular complexity index is 718. The van der Waals surface area contributed by atoms with Crippen molar-refractivity contribution < 1.29 is 23.5 Å². The molecule has 0 amide bonds. The zero-order valence-electron chi connectivity index (χ0n) is 15.0. The van der Waals surface area contributed by atoms with Gasteiger partial charge in [-0.15, -0.1) is 0 Å². The van der Waals surface area contributed by atoms with E-state index in [-0.39, 0.29) is 29.7 Å². The van der Waals surface area contributed by atoms with Gasteiger partial charge < -0.3 is 9.47 Å². The van der Waals surface area contributed by atoms with Gasteiger partial charge >= 0.3 is 11.9 Å². The van der Waals surface area contributed by atoms with Crippen LogP contribution < -0.4 is 0 Å². The summed E-state index contributed by atoms with van der Waals surface area (Å²) in [5, 5.41) is 0. The number of methoxy groups -OCH3 is 1. The van der Waals surface area contributed by atoms with E-state index in [0.29, 0.717) is 32.1 Å². The number of ether oxygens (including phenoxy) is 2. The van der Waals surface area contributed by atoms with Crippen LogP contribution in [0.3, 0.4) is 0 Å². The molecule has 0 aromatic carbocycles. The van der Waals surface area contributed by atoms with Crippen LogP contribution in [0, 0.1) is 34.5 Å². The number of rotatable bonds is 1. The van der Waals surface area contributed by atoms with Crippen LogP contribution in [0.2, 0.25) is 0 Å². The van der Waals surface area contributed by atoms with E-state index in [0.717, 1.165) is 0 Å². The summed E-state index contributed by atoms with van der Waals surface area (Å²) in [5.74, 6) is -1.28. The number of esters is 2. The van der Waals surface area contributed by atoms with Gasteiger partial charge in [-0.25, -0.2) is 4.39 Å². The monoisotopic (exact) mass is 348 g/mol. The second-order valence-corrected chi connectivity index (χ2v) is 9.35. The fourth-order valence-electron chi connectivity index (χ4n) is 7.70. The predicted molar refractivity (Wildman–Crippen MR) is 87.1 cm³/mol. The van der Waals surface area contributed by atoms with Gasteiger partial charge in [0, 0.05) is 18.3 Å². The molecule has 5 rings (SSSR count). The molecule has 0 aromatic rings. The highest BCUT2D eigenvalue weighted by atomic mass is 19.1. The summed E-state index contributed by atoms with van der Waals surface area (Å²) in [7, 11) is 1.40. The Balaban J connectivity index is 1.75. The maximum absolute atomic E-state index is 15.5. The van der Waals surface area contributed by atoms with Crippen molar-refractivity contribution in [2.24, 2.45) is 34.5 Å². The molecule has 1 heterocycles. The van der Waals surface area contributed by atoms with Gasteiger partial charge in [0.15, 0.2) is 0 Å². The molecule has 25 heavy (non-hydrogen) atoms. The molecule has 4 bridgehead atoms. The Labute approximate surface area is 147 Å². The SMILES string of the molecule is COC(=O)[C@H]1C2[C@@]3(CC=C[C@@]2(C)C(=O)O3)C2CC[C@]3(F)C[C@@]21C[C@H]3C. The number of halogens is 1. The lowest BCUT2D eigenvalue weighted by Crippen LogP contribution is -2.46. The smallest absolute Gasteiger partial charge is 0.316 e.